The van der Waals surface area contributed by atoms with Crippen molar-refractivity contribution in [1.29, 1.82) is 0 Å². The first-order valence-electron chi connectivity index (χ1n) is 9.05. The molecular weight excluding hydrogens is 377 g/mol. The molecule has 0 N–H and O–H groups in total. The lowest BCUT2D eigenvalue weighted by Crippen LogP contribution is -2.23. The molecule has 7 heteroatoms. The van der Waals surface area contributed by atoms with Gasteiger partial charge in [-0.15, -0.1) is 0 Å². The lowest BCUT2D eigenvalue weighted by molar-refractivity contribution is 0.320. The molecule has 0 atom stereocenters. The maximum Gasteiger partial charge on any atom is 0.227 e. The maximum atomic E-state index is 14.1. The predicted molar refractivity (Wildman–Crippen MR) is 107 cm³/mol. The van der Waals surface area contributed by atoms with E-state index >= 15 is 0 Å². The highest BCUT2D eigenvalue weighted by Gasteiger charge is 2.20. The number of imidazole rings is 1. The Morgan fingerprint density at radius 3 is 2.43 bits per heavy atom. The van der Waals surface area contributed by atoms with Gasteiger partial charge in [-0.2, -0.15) is 0 Å². The Bertz CT molecular complexity index is 1030. The molecule has 1 heterocycles. The summed E-state index contributed by atoms with van der Waals surface area (Å²) in [5.74, 6) is -0.362. The molecule has 0 fully saturated rings. The number of likely N-dealkylation sites (N-methyl/N-ethyl adjacent to an activating group) is 1. The molecule has 5 nitrogen and oxygen atoms in total. The van der Waals surface area contributed by atoms with E-state index in [4.69, 9.17) is 0 Å². The zero-order valence-corrected chi connectivity index (χ0v) is 16.9. The molecule has 0 saturated heterocycles. The lowest BCUT2D eigenvalue weighted by Gasteiger charge is -2.19. The number of aromatic nitrogens is 2. The molecule has 3 rings (SSSR count). The molecule has 3 aromatic rings. The van der Waals surface area contributed by atoms with Gasteiger partial charge >= 0.3 is 0 Å². The molecule has 0 aliphatic carbocycles. The second-order valence-corrected chi connectivity index (χ2v) is 8.86. The van der Waals surface area contributed by atoms with Crippen molar-refractivity contribution in [2.75, 3.05) is 19.8 Å². The fourth-order valence-electron chi connectivity index (χ4n) is 3.10. The first-order valence-corrected chi connectivity index (χ1v) is 10.9. The standard InChI is InChI=1S/C21H24FN3O2S/c1-24(13-12-17-8-4-3-5-9-17)16-19-14-23-21(28(2,26)27)25(19)15-18-10-6-7-11-20(18)22/h3-11,14H,12-13,15-16H2,1-2H3. The van der Waals surface area contributed by atoms with Crippen molar-refractivity contribution >= 4 is 9.84 Å². The Morgan fingerprint density at radius 1 is 1.07 bits per heavy atom. The van der Waals surface area contributed by atoms with E-state index in [0.717, 1.165) is 24.9 Å². The Hall–Kier alpha value is -2.51. The molecule has 0 amide bonds. The molecule has 0 aliphatic rings. The summed E-state index contributed by atoms with van der Waals surface area (Å²) in [6, 6.07) is 16.6. The summed E-state index contributed by atoms with van der Waals surface area (Å²) in [4.78, 5) is 6.22. The number of benzene rings is 2. The van der Waals surface area contributed by atoms with E-state index in [-0.39, 0.29) is 17.5 Å². The van der Waals surface area contributed by atoms with E-state index in [1.807, 2.05) is 25.2 Å². The van der Waals surface area contributed by atoms with Crippen LogP contribution in [-0.4, -0.2) is 42.7 Å². The maximum absolute atomic E-state index is 14.1. The molecule has 0 aliphatic heterocycles. The van der Waals surface area contributed by atoms with Crippen molar-refractivity contribution in [3.8, 4) is 0 Å². The summed E-state index contributed by atoms with van der Waals surface area (Å²) in [6.07, 6.45) is 3.57. The number of halogens is 1. The van der Waals surface area contributed by atoms with Gasteiger partial charge in [0.1, 0.15) is 5.82 Å². The Balaban J connectivity index is 1.80. The summed E-state index contributed by atoms with van der Waals surface area (Å²) >= 11 is 0. The van der Waals surface area contributed by atoms with Crippen molar-refractivity contribution in [1.82, 2.24) is 14.5 Å². The number of nitrogens with zero attached hydrogens (tertiary/aromatic N) is 3. The minimum Gasteiger partial charge on any atom is -0.313 e. The van der Waals surface area contributed by atoms with Gasteiger partial charge in [-0.3, -0.25) is 0 Å². The van der Waals surface area contributed by atoms with Crippen LogP contribution in [0.2, 0.25) is 0 Å². The van der Waals surface area contributed by atoms with Crippen molar-refractivity contribution in [2.24, 2.45) is 0 Å². The van der Waals surface area contributed by atoms with E-state index in [9.17, 15) is 12.8 Å². The molecular formula is C21H24FN3O2S. The third-order valence-corrected chi connectivity index (χ3v) is 5.57. The minimum atomic E-state index is -3.53. The zero-order valence-electron chi connectivity index (χ0n) is 16.0. The molecule has 0 unspecified atom stereocenters. The third-order valence-electron chi connectivity index (χ3n) is 4.58. The smallest absolute Gasteiger partial charge is 0.227 e. The van der Waals surface area contributed by atoms with E-state index in [1.165, 1.54) is 11.6 Å². The van der Waals surface area contributed by atoms with Gasteiger partial charge in [0.15, 0.2) is 0 Å². The van der Waals surface area contributed by atoms with Crippen molar-refractivity contribution in [3.63, 3.8) is 0 Å². The summed E-state index contributed by atoms with van der Waals surface area (Å²) in [5.41, 5.74) is 2.41. The van der Waals surface area contributed by atoms with Crippen LogP contribution in [0.3, 0.4) is 0 Å². The van der Waals surface area contributed by atoms with Crippen LogP contribution in [0, 0.1) is 5.82 Å². The zero-order chi connectivity index (χ0) is 20.1. The monoisotopic (exact) mass is 401 g/mol. The highest BCUT2D eigenvalue weighted by molar-refractivity contribution is 7.90. The van der Waals surface area contributed by atoms with Crippen LogP contribution in [-0.2, 0) is 29.3 Å². The Labute approximate surface area is 165 Å². The van der Waals surface area contributed by atoms with Crippen LogP contribution >= 0.6 is 0 Å². The van der Waals surface area contributed by atoms with Crippen molar-refractivity contribution in [3.05, 3.63) is 83.4 Å². The highest BCUT2D eigenvalue weighted by Crippen LogP contribution is 2.17. The molecule has 0 saturated carbocycles. The highest BCUT2D eigenvalue weighted by atomic mass is 32.2. The number of hydrogen-bond donors (Lipinski definition) is 0. The van der Waals surface area contributed by atoms with Crippen LogP contribution in [0.4, 0.5) is 4.39 Å². The first kappa shape index (κ1) is 20.2. The second-order valence-electron chi connectivity index (χ2n) is 6.96. The van der Waals surface area contributed by atoms with E-state index < -0.39 is 9.84 Å². The predicted octanol–water partition coefficient (Wildman–Crippen LogP) is 3.15. The van der Waals surface area contributed by atoms with Crippen LogP contribution in [0.15, 0.2) is 66.0 Å². The Morgan fingerprint density at radius 2 is 1.75 bits per heavy atom. The van der Waals surface area contributed by atoms with Gasteiger partial charge in [0.2, 0.25) is 15.0 Å². The van der Waals surface area contributed by atoms with Crippen LogP contribution in [0.1, 0.15) is 16.8 Å². The van der Waals surface area contributed by atoms with Crippen LogP contribution in [0.25, 0.3) is 0 Å². The van der Waals surface area contributed by atoms with Gasteiger partial charge in [0.25, 0.3) is 0 Å². The fraction of sp³-hybridized carbons (Fsp3) is 0.286. The number of sulfone groups is 1. The second kappa shape index (κ2) is 8.67. The molecule has 1 aromatic heterocycles. The average molecular weight is 402 g/mol. The van der Waals surface area contributed by atoms with Crippen molar-refractivity contribution < 1.29 is 12.8 Å². The quantitative estimate of drug-likeness (QED) is 0.582. The van der Waals surface area contributed by atoms with Gasteiger partial charge < -0.3 is 9.47 Å². The SMILES string of the molecule is CN(CCc1ccccc1)Cc1cnc(S(C)(=O)=O)n1Cc1ccccc1F. The van der Waals surface area contributed by atoms with Gasteiger partial charge in [0.05, 0.1) is 18.4 Å². The molecule has 0 spiro atoms. The molecule has 148 valence electrons. The van der Waals surface area contributed by atoms with Gasteiger partial charge in [-0.25, -0.2) is 17.8 Å². The van der Waals surface area contributed by atoms with Gasteiger partial charge in [0, 0.05) is 24.9 Å². The Kier molecular flexibility index (Phi) is 6.26. The normalized spacial score (nSPS) is 11.9. The van der Waals surface area contributed by atoms with Crippen LogP contribution < -0.4 is 0 Å². The van der Waals surface area contributed by atoms with E-state index in [2.05, 4.69) is 22.0 Å². The number of hydrogen-bond acceptors (Lipinski definition) is 4. The lowest BCUT2D eigenvalue weighted by atomic mass is 10.1. The molecule has 2 aromatic carbocycles. The van der Waals surface area contributed by atoms with Gasteiger partial charge in [-0.05, 0) is 25.1 Å². The molecule has 0 bridgehead atoms. The largest absolute Gasteiger partial charge is 0.313 e. The van der Waals surface area contributed by atoms with E-state index in [0.29, 0.717) is 12.1 Å². The van der Waals surface area contributed by atoms with Crippen molar-refractivity contribution in [2.45, 2.75) is 24.7 Å². The summed E-state index contributed by atoms with van der Waals surface area (Å²) in [6.45, 7) is 1.45. The topological polar surface area (TPSA) is 55.2 Å². The minimum absolute atomic E-state index is 0.0396. The van der Waals surface area contributed by atoms with E-state index in [1.54, 1.807) is 29.0 Å². The summed E-state index contributed by atoms with van der Waals surface area (Å²) < 4.78 is 40.0. The fourth-order valence-corrected chi connectivity index (χ4v) is 3.93. The summed E-state index contributed by atoms with van der Waals surface area (Å²) in [7, 11) is -1.55. The number of rotatable bonds is 8. The van der Waals surface area contributed by atoms with Gasteiger partial charge in [-0.1, -0.05) is 48.5 Å². The summed E-state index contributed by atoms with van der Waals surface area (Å²) in [5, 5.41) is -0.0396. The molecule has 0 radical (unpaired) electrons. The molecule has 28 heavy (non-hydrogen) atoms. The van der Waals surface area contributed by atoms with Crippen LogP contribution in [0.5, 0.6) is 0 Å². The first-order chi connectivity index (χ1) is 13.3. The third kappa shape index (κ3) is 5.05. The average Bonchev–Trinajstić information content (AvgIpc) is 3.05.